The van der Waals surface area contributed by atoms with Gasteiger partial charge in [0.2, 0.25) is 0 Å². The second-order valence-corrected chi connectivity index (χ2v) is 6.23. The van der Waals surface area contributed by atoms with Crippen LogP contribution in [-0.4, -0.2) is 12.1 Å². The number of nitrogen functional groups attached to an aromatic ring is 2. The molecule has 0 atom stereocenters. The predicted molar refractivity (Wildman–Crippen MR) is 104 cm³/mol. The molecule has 4 aromatic rings. The molecule has 0 aliphatic heterocycles. The number of ether oxygens (including phenoxy) is 1. The van der Waals surface area contributed by atoms with E-state index in [1.165, 1.54) is 18.2 Å². The highest BCUT2D eigenvalue weighted by Crippen LogP contribution is 2.40. The highest BCUT2D eigenvalue weighted by atomic mass is 19.1. The number of halogens is 2. The van der Waals surface area contributed by atoms with Crippen LogP contribution in [0, 0.1) is 11.6 Å². The molecule has 0 saturated carbocycles. The van der Waals surface area contributed by atoms with Crippen LogP contribution in [-0.2, 0) is 0 Å². The fraction of sp³-hybridized carbons (Fsp3) is 0.0476. The van der Waals surface area contributed by atoms with Crippen molar-refractivity contribution in [2.45, 2.75) is 0 Å². The van der Waals surface area contributed by atoms with Gasteiger partial charge in [-0.3, -0.25) is 0 Å². The lowest BCUT2D eigenvalue weighted by Crippen LogP contribution is -1.99. The van der Waals surface area contributed by atoms with E-state index in [1.54, 1.807) is 25.3 Å². The number of aromatic amines is 1. The van der Waals surface area contributed by atoms with Crippen molar-refractivity contribution in [1.29, 1.82) is 0 Å². The smallest absolute Gasteiger partial charge is 0.135 e. The van der Waals surface area contributed by atoms with Gasteiger partial charge in [-0.1, -0.05) is 12.1 Å². The summed E-state index contributed by atoms with van der Waals surface area (Å²) in [5, 5.41) is 0.786. The Morgan fingerprint density at radius 1 is 0.889 bits per heavy atom. The van der Waals surface area contributed by atoms with Gasteiger partial charge in [-0.25, -0.2) is 8.78 Å². The van der Waals surface area contributed by atoms with E-state index in [9.17, 15) is 8.78 Å². The van der Waals surface area contributed by atoms with E-state index in [1.807, 2.05) is 18.2 Å². The largest absolute Gasteiger partial charge is 0.496 e. The topological polar surface area (TPSA) is 77.1 Å². The third-order valence-corrected chi connectivity index (χ3v) is 4.60. The van der Waals surface area contributed by atoms with Crippen molar-refractivity contribution in [3.05, 3.63) is 66.2 Å². The Labute approximate surface area is 154 Å². The van der Waals surface area contributed by atoms with E-state index in [-0.39, 0.29) is 5.56 Å². The van der Waals surface area contributed by atoms with E-state index in [0.717, 1.165) is 16.5 Å². The lowest BCUT2D eigenvalue weighted by atomic mass is 10.00. The highest BCUT2D eigenvalue weighted by molar-refractivity contribution is 5.95. The number of hydrogen-bond acceptors (Lipinski definition) is 3. The molecule has 1 heterocycles. The van der Waals surface area contributed by atoms with Gasteiger partial charge in [0.05, 0.1) is 29.7 Å². The summed E-state index contributed by atoms with van der Waals surface area (Å²) < 4.78 is 33.6. The van der Waals surface area contributed by atoms with Gasteiger partial charge in [0.15, 0.2) is 0 Å². The number of nitrogens with one attached hydrogen (secondary N) is 1. The van der Waals surface area contributed by atoms with E-state index in [0.29, 0.717) is 28.4 Å². The van der Waals surface area contributed by atoms with Crippen LogP contribution in [0.1, 0.15) is 0 Å². The molecule has 4 nitrogen and oxygen atoms in total. The molecule has 136 valence electrons. The number of rotatable bonds is 3. The van der Waals surface area contributed by atoms with Crippen LogP contribution in [0.4, 0.5) is 20.2 Å². The number of anilines is 2. The van der Waals surface area contributed by atoms with Crippen molar-refractivity contribution in [2.24, 2.45) is 0 Å². The first-order chi connectivity index (χ1) is 13.0. The Kier molecular flexibility index (Phi) is 3.96. The van der Waals surface area contributed by atoms with E-state index in [2.05, 4.69) is 4.98 Å². The zero-order valence-electron chi connectivity index (χ0n) is 14.5. The second-order valence-electron chi connectivity index (χ2n) is 6.23. The van der Waals surface area contributed by atoms with Crippen LogP contribution in [0.3, 0.4) is 0 Å². The summed E-state index contributed by atoms with van der Waals surface area (Å²) in [6, 6.07) is 14.5. The van der Waals surface area contributed by atoms with Crippen LogP contribution in [0.25, 0.3) is 33.3 Å². The maximum Gasteiger partial charge on any atom is 0.135 e. The zero-order valence-corrected chi connectivity index (χ0v) is 14.5. The van der Waals surface area contributed by atoms with E-state index in [4.69, 9.17) is 16.2 Å². The minimum absolute atomic E-state index is 0.0868. The number of nitrogens with two attached hydrogens (primary N) is 2. The average Bonchev–Trinajstić information content (AvgIpc) is 3.06. The summed E-state index contributed by atoms with van der Waals surface area (Å²) in [5.41, 5.74) is 15.5. The molecular weight excluding hydrogens is 348 g/mol. The highest BCUT2D eigenvalue weighted by Gasteiger charge is 2.16. The van der Waals surface area contributed by atoms with Crippen molar-refractivity contribution in [3.63, 3.8) is 0 Å². The van der Waals surface area contributed by atoms with Crippen LogP contribution >= 0.6 is 0 Å². The normalized spacial score (nSPS) is 11.1. The SMILES string of the molecule is COc1ccc(N)c(N)c1-c1ccc2[nH]c(-c3c(F)cccc3F)cc2c1. The fourth-order valence-electron chi connectivity index (χ4n) is 3.26. The minimum Gasteiger partial charge on any atom is -0.496 e. The van der Waals surface area contributed by atoms with E-state index < -0.39 is 11.6 Å². The Morgan fingerprint density at radius 3 is 2.33 bits per heavy atom. The summed E-state index contributed by atoms with van der Waals surface area (Å²) in [5.74, 6) is -0.649. The number of fused-ring (bicyclic) bond motifs is 1. The average molecular weight is 365 g/mol. The second kappa shape index (κ2) is 6.32. The lowest BCUT2D eigenvalue weighted by molar-refractivity contribution is 0.416. The van der Waals surface area contributed by atoms with Gasteiger partial charge >= 0.3 is 0 Å². The summed E-state index contributed by atoms with van der Waals surface area (Å²) in [6.45, 7) is 0. The van der Waals surface area contributed by atoms with Crippen molar-refractivity contribution in [3.8, 4) is 28.1 Å². The van der Waals surface area contributed by atoms with Gasteiger partial charge in [0.1, 0.15) is 17.4 Å². The van der Waals surface area contributed by atoms with Crippen molar-refractivity contribution in [2.75, 3.05) is 18.6 Å². The van der Waals surface area contributed by atoms with Gasteiger partial charge < -0.3 is 21.2 Å². The standard InChI is InChI=1S/C21H17F2N3O/c1-27-18-8-6-15(24)21(25)19(18)11-5-7-16-12(9-11)10-17(26-16)20-13(22)3-2-4-14(20)23/h2-10,26H,24-25H2,1H3. The molecule has 4 rings (SSSR count). The number of benzene rings is 3. The maximum atomic E-state index is 14.1. The van der Waals surface area contributed by atoms with Crippen LogP contribution in [0.2, 0.25) is 0 Å². The van der Waals surface area contributed by atoms with Crippen molar-refractivity contribution >= 4 is 22.3 Å². The molecule has 5 N–H and O–H groups in total. The molecule has 0 saturated heterocycles. The first-order valence-corrected chi connectivity index (χ1v) is 8.29. The van der Waals surface area contributed by atoms with Gasteiger partial charge in [-0.15, -0.1) is 0 Å². The molecule has 6 heteroatoms. The van der Waals surface area contributed by atoms with Gasteiger partial charge in [-0.2, -0.15) is 0 Å². The molecule has 0 amide bonds. The Balaban J connectivity index is 1.89. The molecule has 1 aromatic heterocycles. The molecule has 3 aromatic carbocycles. The Bertz CT molecular complexity index is 1150. The molecule has 0 fully saturated rings. The summed E-state index contributed by atoms with van der Waals surface area (Å²) in [7, 11) is 1.56. The molecule has 0 radical (unpaired) electrons. The monoisotopic (exact) mass is 365 g/mol. The minimum atomic E-state index is -0.622. The summed E-state index contributed by atoms with van der Waals surface area (Å²) in [6.07, 6.45) is 0. The van der Waals surface area contributed by atoms with Crippen LogP contribution < -0.4 is 16.2 Å². The quantitative estimate of drug-likeness (QED) is 0.449. The molecule has 0 aliphatic carbocycles. The molecule has 0 aliphatic rings. The van der Waals surface area contributed by atoms with E-state index >= 15 is 0 Å². The van der Waals surface area contributed by atoms with Gasteiger partial charge in [-0.05, 0) is 48.0 Å². The fourth-order valence-corrected chi connectivity index (χ4v) is 3.26. The maximum absolute atomic E-state index is 14.1. The lowest BCUT2D eigenvalue weighted by Gasteiger charge is -2.13. The molecule has 0 spiro atoms. The third kappa shape index (κ3) is 2.75. The zero-order chi connectivity index (χ0) is 19.1. The number of aromatic nitrogens is 1. The molecule has 27 heavy (non-hydrogen) atoms. The summed E-state index contributed by atoms with van der Waals surface area (Å²) >= 11 is 0. The van der Waals surface area contributed by atoms with Gasteiger partial charge in [0.25, 0.3) is 0 Å². The van der Waals surface area contributed by atoms with Crippen LogP contribution in [0.5, 0.6) is 5.75 Å². The third-order valence-electron chi connectivity index (χ3n) is 4.60. The number of H-pyrrole nitrogens is 1. The molecule has 0 bridgehead atoms. The first kappa shape index (κ1) is 16.9. The van der Waals surface area contributed by atoms with Crippen molar-refractivity contribution in [1.82, 2.24) is 4.98 Å². The Morgan fingerprint density at radius 2 is 1.63 bits per heavy atom. The molecule has 0 unspecified atom stereocenters. The summed E-state index contributed by atoms with van der Waals surface area (Å²) in [4.78, 5) is 3.06. The first-order valence-electron chi connectivity index (χ1n) is 8.29. The predicted octanol–water partition coefficient (Wildman–Crippen LogP) is 4.95. The molecular formula is C21H17F2N3O. The van der Waals surface area contributed by atoms with Gasteiger partial charge in [0, 0.05) is 16.5 Å². The van der Waals surface area contributed by atoms with Crippen LogP contribution in [0.15, 0.2) is 54.6 Å². The number of hydrogen-bond donors (Lipinski definition) is 3. The van der Waals surface area contributed by atoms with Crippen molar-refractivity contribution < 1.29 is 13.5 Å². The Hall–Kier alpha value is -3.54. The number of methoxy groups -OCH3 is 1.